The van der Waals surface area contributed by atoms with Gasteiger partial charge in [0.05, 0.1) is 9.79 Å². The average Bonchev–Trinajstić information content (AvgIpc) is 2.53. The second-order valence-electron chi connectivity index (χ2n) is 5.37. The lowest BCUT2D eigenvalue weighted by Gasteiger charge is -2.14. The van der Waals surface area contributed by atoms with Crippen molar-refractivity contribution in [1.82, 2.24) is 0 Å². The molecule has 0 bridgehead atoms. The lowest BCUT2D eigenvalue weighted by atomic mass is 10.2. The van der Waals surface area contributed by atoms with Gasteiger partial charge in [0.1, 0.15) is 11.5 Å². The molecule has 2 N–H and O–H groups in total. The number of carboxylic acids is 2. The van der Waals surface area contributed by atoms with E-state index in [9.17, 15) is 9.59 Å². The van der Waals surface area contributed by atoms with E-state index in [0.717, 1.165) is 20.9 Å². The van der Waals surface area contributed by atoms with Crippen molar-refractivity contribution in [1.29, 1.82) is 0 Å². The number of carboxylic acid groups (broad SMARTS) is 2. The van der Waals surface area contributed by atoms with Crippen LogP contribution in [0.1, 0.15) is 11.1 Å². The van der Waals surface area contributed by atoms with Crippen molar-refractivity contribution in [2.45, 2.75) is 23.6 Å². The van der Waals surface area contributed by atoms with Crippen molar-refractivity contribution in [3.8, 4) is 11.5 Å². The fourth-order valence-corrected chi connectivity index (χ4v) is 3.21. The molecule has 0 atom stereocenters. The summed E-state index contributed by atoms with van der Waals surface area (Å²) in [5, 5.41) is 17.6. The Morgan fingerprint density at radius 2 is 1.24 bits per heavy atom. The van der Waals surface area contributed by atoms with Crippen LogP contribution in [-0.2, 0) is 9.59 Å². The monoisotopic (exact) mass is 362 g/mol. The highest BCUT2D eigenvalue weighted by atomic mass is 32.2. The maximum absolute atomic E-state index is 10.7. The number of carbonyl (C=O) groups is 2. The van der Waals surface area contributed by atoms with Crippen molar-refractivity contribution in [3.05, 3.63) is 47.5 Å². The summed E-state index contributed by atoms with van der Waals surface area (Å²) in [5.41, 5.74) is 1.98. The molecule has 6 nitrogen and oxygen atoms in total. The lowest BCUT2D eigenvalue weighted by Crippen LogP contribution is -2.10. The summed E-state index contributed by atoms with van der Waals surface area (Å²) in [7, 11) is 0. The molecular weight excluding hydrogens is 344 g/mol. The first-order chi connectivity index (χ1) is 11.8. The van der Waals surface area contributed by atoms with E-state index in [2.05, 4.69) is 0 Å². The molecule has 0 spiro atoms. The molecule has 0 aliphatic rings. The highest BCUT2D eigenvalue weighted by Crippen LogP contribution is 2.40. The summed E-state index contributed by atoms with van der Waals surface area (Å²) in [6.45, 7) is 2.96. The minimum absolute atomic E-state index is 0.438. The molecule has 0 saturated carbocycles. The fraction of sp³-hybridized carbons (Fsp3) is 0.222. The zero-order valence-corrected chi connectivity index (χ0v) is 14.6. The van der Waals surface area contributed by atoms with Crippen molar-refractivity contribution in [3.63, 3.8) is 0 Å². The normalized spacial score (nSPS) is 10.3. The van der Waals surface area contributed by atoms with E-state index in [4.69, 9.17) is 19.7 Å². The molecular formula is C18H18O6S. The Kier molecular flexibility index (Phi) is 6.30. The van der Waals surface area contributed by atoms with Gasteiger partial charge in [-0.15, -0.1) is 0 Å². The third-order valence-electron chi connectivity index (χ3n) is 3.12. The van der Waals surface area contributed by atoms with Gasteiger partial charge >= 0.3 is 11.9 Å². The van der Waals surface area contributed by atoms with Gasteiger partial charge in [0, 0.05) is 0 Å². The van der Waals surface area contributed by atoms with Crippen molar-refractivity contribution < 1.29 is 29.3 Å². The Morgan fingerprint density at radius 1 is 0.840 bits per heavy atom. The van der Waals surface area contributed by atoms with Crippen LogP contribution in [0.15, 0.2) is 46.2 Å². The van der Waals surface area contributed by atoms with Crippen LogP contribution in [0.5, 0.6) is 11.5 Å². The zero-order valence-electron chi connectivity index (χ0n) is 13.8. The molecule has 0 saturated heterocycles. The lowest BCUT2D eigenvalue weighted by molar-refractivity contribution is -0.140. The quantitative estimate of drug-likeness (QED) is 0.743. The van der Waals surface area contributed by atoms with E-state index in [0.29, 0.717) is 11.5 Å². The summed E-state index contributed by atoms with van der Waals surface area (Å²) in [6, 6.07) is 10.9. The van der Waals surface area contributed by atoms with Crippen LogP contribution in [0.25, 0.3) is 0 Å². The largest absolute Gasteiger partial charge is 0.481 e. The molecule has 0 fully saturated rings. The number of aliphatic carboxylic acids is 2. The Bertz CT molecular complexity index is 722. The van der Waals surface area contributed by atoms with Crippen molar-refractivity contribution in [2.75, 3.05) is 13.2 Å². The van der Waals surface area contributed by atoms with Crippen LogP contribution in [0, 0.1) is 13.8 Å². The number of benzene rings is 2. The molecule has 0 aromatic heterocycles. The second kappa shape index (κ2) is 8.43. The standard InChI is InChI=1S/C18H18O6S/c1-11-3-5-13(23-9-17(19)20)15(7-11)25-16-8-12(2)4-6-14(16)24-10-18(21)22/h3-8H,9-10H2,1-2H3,(H,19,20)(H,21,22). The Labute approximate surface area is 149 Å². The Morgan fingerprint density at radius 3 is 1.60 bits per heavy atom. The fourth-order valence-electron chi connectivity index (χ4n) is 2.03. The maximum Gasteiger partial charge on any atom is 0.341 e. The SMILES string of the molecule is Cc1ccc(OCC(=O)O)c(Sc2cc(C)ccc2OCC(=O)O)c1. The van der Waals surface area contributed by atoms with E-state index in [-0.39, 0.29) is 0 Å². The predicted molar refractivity (Wildman–Crippen MR) is 92.7 cm³/mol. The Balaban J connectivity index is 2.31. The maximum atomic E-state index is 10.7. The van der Waals surface area contributed by atoms with Gasteiger partial charge in [0.2, 0.25) is 0 Å². The molecule has 0 aliphatic heterocycles. The summed E-state index contributed by atoms with van der Waals surface area (Å²) < 4.78 is 10.7. The minimum atomic E-state index is -1.06. The summed E-state index contributed by atoms with van der Waals surface area (Å²) in [5.74, 6) is -1.22. The molecule has 132 valence electrons. The average molecular weight is 362 g/mol. The van der Waals surface area contributed by atoms with E-state index >= 15 is 0 Å². The van der Waals surface area contributed by atoms with Gasteiger partial charge < -0.3 is 19.7 Å². The topological polar surface area (TPSA) is 93.1 Å². The molecule has 2 aromatic rings. The molecule has 2 rings (SSSR count). The van der Waals surface area contributed by atoms with Crippen LogP contribution in [0.3, 0.4) is 0 Å². The highest BCUT2D eigenvalue weighted by molar-refractivity contribution is 7.99. The summed E-state index contributed by atoms with van der Waals surface area (Å²) >= 11 is 1.34. The number of rotatable bonds is 8. The number of hydrogen-bond acceptors (Lipinski definition) is 5. The van der Waals surface area contributed by atoms with Crippen molar-refractivity contribution >= 4 is 23.7 Å². The second-order valence-corrected chi connectivity index (χ2v) is 6.45. The Hall–Kier alpha value is -2.67. The third kappa shape index (κ3) is 5.72. The minimum Gasteiger partial charge on any atom is -0.481 e. The van der Waals surface area contributed by atoms with Gasteiger partial charge in [-0.1, -0.05) is 23.9 Å². The molecule has 0 heterocycles. The van der Waals surface area contributed by atoms with Gasteiger partial charge in [0.25, 0.3) is 0 Å². The van der Waals surface area contributed by atoms with Crippen LogP contribution < -0.4 is 9.47 Å². The molecule has 2 aromatic carbocycles. The van der Waals surface area contributed by atoms with Gasteiger partial charge in [0.15, 0.2) is 13.2 Å². The van der Waals surface area contributed by atoms with Gasteiger partial charge in [-0.05, 0) is 49.2 Å². The van der Waals surface area contributed by atoms with E-state index in [1.54, 1.807) is 12.1 Å². The molecule has 0 radical (unpaired) electrons. The van der Waals surface area contributed by atoms with E-state index in [1.165, 1.54) is 11.8 Å². The summed E-state index contributed by atoms with van der Waals surface area (Å²) in [4.78, 5) is 23.0. The molecule has 7 heteroatoms. The first-order valence-corrected chi connectivity index (χ1v) is 8.25. The van der Waals surface area contributed by atoms with E-state index in [1.807, 2.05) is 38.1 Å². The third-order valence-corrected chi connectivity index (χ3v) is 4.20. The smallest absolute Gasteiger partial charge is 0.341 e. The van der Waals surface area contributed by atoms with Crippen LogP contribution >= 0.6 is 11.8 Å². The first kappa shape index (κ1) is 18.7. The van der Waals surface area contributed by atoms with Gasteiger partial charge in [-0.25, -0.2) is 9.59 Å². The zero-order chi connectivity index (χ0) is 18.4. The summed E-state index contributed by atoms with van der Waals surface area (Å²) in [6.07, 6.45) is 0. The number of ether oxygens (including phenoxy) is 2. The van der Waals surface area contributed by atoms with Crippen LogP contribution in [0.4, 0.5) is 0 Å². The molecule has 0 amide bonds. The molecule has 25 heavy (non-hydrogen) atoms. The van der Waals surface area contributed by atoms with Gasteiger partial charge in [-0.2, -0.15) is 0 Å². The predicted octanol–water partition coefficient (Wildman–Crippen LogP) is 3.38. The number of hydrogen-bond donors (Lipinski definition) is 2. The first-order valence-electron chi connectivity index (χ1n) is 7.43. The molecule has 0 aliphatic carbocycles. The van der Waals surface area contributed by atoms with Gasteiger partial charge in [-0.3, -0.25) is 0 Å². The number of aryl methyl sites for hydroxylation is 2. The van der Waals surface area contributed by atoms with E-state index < -0.39 is 25.2 Å². The molecule has 0 unspecified atom stereocenters. The van der Waals surface area contributed by atoms with Crippen LogP contribution in [-0.4, -0.2) is 35.4 Å². The van der Waals surface area contributed by atoms with Crippen molar-refractivity contribution in [2.24, 2.45) is 0 Å². The highest BCUT2D eigenvalue weighted by Gasteiger charge is 2.13. The van der Waals surface area contributed by atoms with Crippen LogP contribution in [0.2, 0.25) is 0 Å².